The van der Waals surface area contributed by atoms with Crippen molar-refractivity contribution in [1.82, 2.24) is 15.0 Å². The molecule has 0 fully saturated rings. The molecule has 0 aliphatic rings. The van der Waals surface area contributed by atoms with Crippen molar-refractivity contribution in [2.75, 3.05) is 0 Å². The lowest BCUT2D eigenvalue weighted by Crippen LogP contribution is -2.00. The summed E-state index contributed by atoms with van der Waals surface area (Å²) in [5.74, 6) is 2.40. The molecule has 1 heterocycles. The van der Waals surface area contributed by atoms with Crippen LogP contribution in [0.1, 0.15) is 25.3 Å². The van der Waals surface area contributed by atoms with Crippen LogP contribution < -0.4 is 0 Å². The first-order valence-corrected chi connectivity index (χ1v) is 19.5. The topological polar surface area (TPSA) is 38.7 Å². The predicted molar refractivity (Wildman–Crippen MR) is 237 cm³/mol. The van der Waals surface area contributed by atoms with Crippen LogP contribution >= 0.6 is 0 Å². The van der Waals surface area contributed by atoms with Crippen molar-refractivity contribution >= 4 is 0 Å². The van der Waals surface area contributed by atoms with Gasteiger partial charge in [-0.05, 0) is 97.4 Å². The number of rotatable bonds is 9. The van der Waals surface area contributed by atoms with E-state index in [0.717, 1.165) is 38.9 Å². The SMILES string of the molecule is CC(C)c1cccc(-c2cccc(-c3cc(-c4ccc(-c5nc(-c6ccccc6)nc(-c6ccccc6)n5)cc4)cc(-c4cccc(-c5ccccc5)c4)c3)c2)c1. The molecule has 3 nitrogen and oxygen atoms in total. The summed E-state index contributed by atoms with van der Waals surface area (Å²) < 4.78 is 0. The van der Waals surface area contributed by atoms with E-state index in [1.807, 2.05) is 60.7 Å². The highest BCUT2D eigenvalue weighted by Gasteiger charge is 2.14. The van der Waals surface area contributed by atoms with Crippen LogP contribution in [0.25, 0.3) is 89.8 Å². The average molecular weight is 732 g/mol. The first-order chi connectivity index (χ1) is 28.0. The van der Waals surface area contributed by atoms with Crippen molar-refractivity contribution in [2.45, 2.75) is 19.8 Å². The summed E-state index contributed by atoms with van der Waals surface area (Å²) in [6, 6.07) is 73.0. The fraction of sp³-hybridized carbons (Fsp3) is 0.0556. The molecule has 0 spiro atoms. The van der Waals surface area contributed by atoms with E-state index in [0.29, 0.717) is 23.4 Å². The molecule has 0 N–H and O–H groups in total. The highest BCUT2D eigenvalue weighted by atomic mass is 15.0. The Bertz CT molecular complexity index is 2730. The van der Waals surface area contributed by atoms with E-state index in [9.17, 15) is 0 Å². The summed E-state index contributed by atoms with van der Waals surface area (Å²) in [4.78, 5) is 14.8. The molecular weight excluding hydrogens is 691 g/mol. The van der Waals surface area contributed by atoms with Gasteiger partial charge in [-0.1, -0.05) is 190 Å². The molecule has 0 saturated heterocycles. The van der Waals surface area contributed by atoms with E-state index in [4.69, 9.17) is 15.0 Å². The Labute approximate surface area is 335 Å². The Hall–Kier alpha value is -7.23. The lowest BCUT2D eigenvalue weighted by atomic mass is 9.90. The monoisotopic (exact) mass is 731 g/mol. The van der Waals surface area contributed by atoms with Gasteiger partial charge in [0.25, 0.3) is 0 Å². The van der Waals surface area contributed by atoms with Crippen molar-refractivity contribution in [3.05, 3.63) is 212 Å². The van der Waals surface area contributed by atoms with Crippen LogP contribution in [-0.4, -0.2) is 15.0 Å². The zero-order valence-electron chi connectivity index (χ0n) is 32.0. The van der Waals surface area contributed by atoms with Crippen LogP contribution in [0, 0.1) is 0 Å². The Balaban J connectivity index is 1.14. The van der Waals surface area contributed by atoms with Crippen molar-refractivity contribution in [3.63, 3.8) is 0 Å². The molecule has 0 aliphatic heterocycles. The van der Waals surface area contributed by atoms with Gasteiger partial charge in [0.05, 0.1) is 0 Å². The fourth-order valence-electron chi connectivity index (χ4n) is 7.34. The molecule has 9 aromatic rings. The van der Waals surface area contributed by atoms with Crippen LogP contribution in [-0.2, 0) is 0 Å². The molecular formula is C54H41N3. The summed E-state index contributed by atoms with van der Waals surface area (Å²) in [6.07, 6.45) is 0. The molecule has 0 saturated carbocycles. The first-order valence-electron chi connectivity index (χ1n) is 19.5. The summed E-state index contributed by atoms with van der Waals surface area (Å²) >= 11 is 0. The highest BCUT2D eigenvalue weighted by Crippen LogP contribution is 2.37. The Morgan fingerprint density at radius 2 is 0.526 bits per heavy atom. The number of aromatic nitrogens is 3. The maximum atomic E-state index is 4.97. The molecule has 272 valence electrons. The zero-order chi connectivity index (χ0) is 38.6. The smallest absolute Gasteiger partial charge is 0.164 e. The number of nitrogens with zero attached hydrogens (tertiary/aromatic N) is 3. The van der Waals surface area contributed by atoms with Crippen LogP contribution in [0.15, 0.2) is 206 Å². The van der Waals surface area contributed by atoms with Gasteiger partial charge in [0.1, 0.15) is 0 Å². The molecule has 57 heavy (non-hydrogen) atoms. The van der Waals surface area contributed by atoms with Crippen molar-refractivity contribution in [2.24, 2.45) is 0 Å². The third-order valence-corrected chi connectivity index (χ3v) is 10.5. The van der Waals surface area contributed by atoms with Crippen molar-refractivity contribution < 1.29 is 0 Å². The van der Waals surface area contributed by atoms with Crippen molar-refractivity contribution in [1.29, 1.82) is 0 Å². The van der Waals surface area contributed by atoms with Gasteiger partial charge in [-0.25, -0.2) is 15.0 Å². The molecule has 1 aromatic heterocycles. The normalized spacial score (nSPS) is 11.1. The minimum absolute atomic E-state index is 0.465. The summed E-state index contributed by atoms with van der Waals surface area (Å²) in [5.41, 5.74) is 15.9. The fourth-order valence-corrected chi connectivity index (χ4v) is 7.34. The second-order valence-corrected chi connectivity index (χ2v) is 14.7. The first kappa shape index (κ1) is 35.5. The standard InChI is InChI=1S/C54H41N3/c1-37(2)43-21-12-23-45(31-43)46-24-14-26-48(33-46)51-35-49(34-50(36-51)47-25-13-22-44(32-47)38-15-6-3-7-16-38)39-27-29-42(30-28-39)54-56-52(40-17-8-4-9-18-40)55-53(57-54)41-19-10-5-11-20-41/h3-37H,1-2H3. The van der Waals surface area contributed by atoms with E-state index in [2.05, 4.69) is 159 Å². The lowest BCUT2D eigenvalue weighted by molar-refractivity contribution is 0.867. The summed E-state index contributed by atoms with van der Waals surface area (Å²) in [7, 11) is 0. The predicted octanol–water partition coefficient (Wildman–Crippen LogP) is 14.3. The molecule has 0 unspecified atom stereocenters. The Morgan fingerprint density at radius 1 is 0.246 bits per heavy atom. The zero-order valence-corrected chi connectivity index (χ0v) is 32.0. The molecule has 0 bridgehead atoms. The van der Waals surface area contributed by atoms with Crippen LogP contribution in [0.4, 0.5) is 0 Å². The number of benzene rings is 8. The third kappa shape index (κ3) is 7.82. The van der Waals surface area contributed by atoms with Crippen LogP contribution in [0.3, 0.4) is 0 Å². The van der Waals surface area contributed by atoms with Crippen LogP contribution in [0.2, 0.25) is 0 Å². The second kappa shape index (κ2) is 15.9. The summed E-state index contributed by atoms with van der Waals surface area (Å²) in [6.45, 7) is 4.49. The Morgan fingerprint density at radius 3 is 0.982 bits per heavy atom. The van der Waals surface area contributed by atoms with E-state index in [-0.39, 0.29) is 0 Å². The molecule has 0 radical (unpaired) electrons. The molecule has 0 atom stereocenters. The second-order valence-electron chi connectivity index (χ2n) is 14.7. The Kier molecular flexibility index (Phi) is 9.87. The quantitative estimate of drug-likeness (QED) is 0.148. The lowest BCUT2D eigenvalue weighted by Gasteiger charge is -2.14. The third-order valence-electron chi connectivity index (χ3n) is 10.5. The van der Waals surface area contributed by atoms with Crippen LogP contribution in [0.5, 0.6) is 0 Å². The van der Waals surface area contributed by atoms with Gasteiger partial charge in [-0.2, -0.15) is 0 Å². The van der Waals surface area contributed by atoms with E-state index in [1.54, 1.807) is 0 Å². The van der Waals surface area contributed by atoms with Gasteiger partial charge < -0.3 is 0 Å². The van der Waals surface area contributed by atoms with E-state index < -0.39 is 0 Å². The van der Waals surface area contributed by atoms with Gasteiger partial charge in [-0.3, -0.25) is 0 Å². The molecule has 8 aromatic carbocycles. The minimum Gasteiger partial charge on any atom is -0.208 e. The molecule has 3 heteroatoms. The van der Waals surface area contributed by atoms with Gasteiger partial charge in [0.15, 0.2) is 17.5 Å². The summed E-state index contributed by atoms with van der Waals surface area (Å²) in [5, 5.41) is 0. The minimum atomic E-state index is 0.465. The van der Waals surface area contributed by atoms with Gasteiger partial charge in [0.2, 0.25) is 0 Å². The molecule has 0 aliphatic carbocycles. The maximum Gasteiger partial charge on any atom is 0.164 e. The molecule has 0 amide bonds. The number of hydrogen-bond donors (Lipinski definition) is 0. The number of hydrogen-bond acceptors (Lipinski definition) is 3. The van der Waals surface area contributed by atoms with Gasteiger partial charge in [-0.15, -0.1) is 0 Å². The van der Waals surface area contributed by atoms with E-state index in [1.165, 1.54) is 38.9 Å². The van der Waals surface area contributed by atoms with Gasteiger partial charge in [0, 0.05) is 16.7 Å². The molecule has 9 rings (SSSR count). The average Bonchev–Trinajstić information content (AvgIpc) is 3.30. The maximum absolute atomic E-state index is 4.97. The van der Waals surface area contributed by atoms with E-state index >= 15 is 0 Å². The highest BCUT2D eigenvalue weighted by molar-refractivity contribution is 5.84. The van der Waals surface area contributed by atoms with Gasteiger partial charge >= 0.3 is 0 Å². The largest absolute Gasteiger partial charge is 0.208 e. The van der Waals surface area contributed by atoms with Crippen molar-refractivity contribution in [3.8, 4) is 89.8 Å².